The van der Waals surface area contributed by atoms with Gasteiger partial charge < -0.3 is 14.6 Å². The number of carbonyl (C=O) groups excluding carboxylic acids is 1. The number of rotatable bonds is 2. The lowest BCUT2D eigenvalue weighted by Gasteiger charge is -2.16. The zero-order chi connectivity index (χ0) is 12.7. The first-order valence-electron chi connectivity index (χ1n) is 5.78. The van der Waals surface area contributed by atoms with Crippen LogP contribution in [0.1, 0.15) is 6.42 Å². The summed E-state index contributed by atoms with van der Waals surface area (Å²) < 4.78 is 4.99. The molecule has 1 aliphatic rings. The van der Waals surface area contributed by atoms with Crippen LogP contribution in [0.2, 0.25) is 0 Å². The largest absolute Gasteiger partial charge is 0.417 e. The van der Waals surface area contributed by atoms with Crippen LogP contribution in [0.4, 0.5) is 5.69 Å². The second kappa shape index (κ2) is 3.99. The van der Waals surface area contributed by atoms with E-state index in [2.05, 4.69) is 10.3 Å². The lowest BCUT2D eigenvalue weighted by molar-refractivity contribution is -0.117. The van der Waals surface area contributed by atoms with E-state index >= 15 is 0 Å². The van der Waals surface area contributed by atoms with Gasteiger partial charge in [0, 0.05) is 30.8 Å². The summed E-state index contributed by atoms with van der Waals surface area (Å²) in [4.78, 5) is 27.2. The van der Waals surface area contributed by atoms with Gasteiger partial charge in [0.25, 0.3) is 0 Å². The normalized spacial score (nSPS) is 19.9. The molecule has 1 aliphatic heterocycles. The molecule has 2 N–H and O–H groups in total. The van der Waals surface area contributed by atoms with Crippen molar-refractivity contribution in [1.29, 1.82) is 0 Å². The van der Waals surface area contributed by atoms with Gasteiger partial charge in [0.2, 0.25) is 5.91 Å². The van der Waals surface area contributed by atoms with E-state index in [0.717, 1.165) is 5.69 Å². The highest BCUT2D eigenvalue weighted by Crippen LogP contribution is 2.24. The fourth-order valence-electron chi connectivity index (χ4n) is 2.25. The molecule has 2 heterocycles. The number of H-pyrrole nitrogens is 1. The number of anilines is 1. The van der Waals surface area contributed by atoms with E-state index in [-0.39, 0.29) is 11.9 Å². The first-order valence-corrected chi connectivity index (χ1v) is 5.78. The topological polar surface area (TPSA) is 78.3 Å². The Morgan fingerprint density at radius 1 is 1.44 bits per heavy atom. The molecule has 2 aromatic rings. The Hall–Kier alpha value is -2.08. The minimum Gasteiger partial charge on any atom is -0.408 e. The number of carbonyl (C=O) groups is 1. The summed E-state index contributed by atoms with van der Waals surface area (Å²) in [5.41, 5.74) is 1.87. The molecule has 0 bridgehead atoms. The van der Waals surface area contributed by atoms with Crippen LogP contribution in [0.3, 0.4) is 0 Å². The minimum atomic E-state index is -0.483. The van der Waals surface area contributed by atoms with Crippen LogP contribution in [0.5, 0.6) is 0 Å². The van der Waals surface area contributed by atoms with Crippen LogP contribution in [0.15, 0.2) is 27.4 Å². The van der Waals surface area contributed by atoms with Gasteiger partial charge in [0.05, 0.1) is 5.52 Å². The van der Waals surface area contributed by atoms with Crippen LogP contribution in [0.25, 0.3) is 11.1 Å². The number of hydrogen-bond donors (Lipinski definition) is 2. The van der Waals surface area contributed by atoms with Crippen LogP contribution < -0.4 is 16.0 Å². The molecule has 1 saturated heterocycles. The van der Waals surface area contributed by atoms with E-state index in [0.29, 0.717) is 24.1 Å². The Kier molecular flexibility index (Phi) is 2.45. The van der Waals surface area contributed by atoms with Gasteiger partial charge in [-0.2, -0.15) is 0 Å². The van der Waals surface area contributed by atoms with E-state index < -0.39 is 5.76 Å². The number of benzene rings is 1. The predicted molar refractivity (Wildman–Crippen MR) is 66.7 cm³/mol. The third kappa shape index (κ3) is 1.70. The van der Waals surface area contributed by atoms with E-state index in [1.807, 2.05) is 13.1 Å². The Morgan fingerprint density at radius 3 is 3.00 bits per heavy atom. The van der Waals surface area contributed by atoms with Crippen molar-refractivity contribution in [2.24, 2.45) is 0 Å². The Balaban J connectivity index is 1.99. The molecular weight excluding hydrogens is 234 g/mol. The lowest BCUT2D eigenvalue weighted by atomic mass is 10.2. The number of aromatic amines is 1. The molecular formula is C12H13N3O3. The third-order valence-corrected chi connectivity index (χ3v) is 3.25. The molecule has 18 heavy (non-hydrogen) atoms. The summed E-state index contributed by atoms with van der Waals surface area (Å²) in [5.74, 6) is -0.408. The van der Waals surface area contributed by atoms with Crippen molar-refractivity contribution in [2.75, 3.05) is 18.5 Å². The first-order chi connectivity index (χ1) is 8.67. The van der Waals surface area contributed by atoms with Gasteiger partial charge in [-0.15, -0.1) is 0 Å². The van der Waals surface area contributed by atoms with Crippen LogP contribution in [-0.4, -0.2) is 30.5 Å². The third-order valence-electron chi connectivity index (χ3n) is 3.25. The molecule has 0 saturated carbocycles. The van der Waals surface area contributed by atoms with Crippen molar-refractivity contribution in [3.05, 3.63) is 28.7 Å². The fourth-order valence-corrected chi connectivity index (χ4v) is 2.25. The zero-order valence-electron chi connectivity index (χ0n) is 9.90. The van der Waals surface area contributed by atoms with Gasteiger partial charge in [-0.25, -0.2) is 4.79 Å². The van der Waals surface area contributed by atoms with Crippen molar-refractivity contribution in [3.63, 3.8) is 0 Å². The number of fused-ring (bicyclic) bond motifs is 1. The van der Waals surface area contributed by atoms with E-state index in [1.165, 1.54) is 0 Å². The Labute approximate surface area is 103 Å². The SMILES string of the molecule is CNC1CC(=O)N(c2ccc3[nH]c(=O)oc3c2)C1. The average molecular weight is 247 g/mol. The van der Waals surface area contributed by atoms with Crippen LogP contribution in [-0.2, 0) is 4.79 Å². The van der Waals surface area contributed by atoms with Crippen molar-refractivity contribution >= 4 is 22.7 Å². The van der Waals surface area contributed by atoms with Gasteiger partial charge >= 0.3 is 5.76 Å². The molecule has 3 rings (SSSR count). The van der Waals surface area contributed by atoms with Gasteiger partial charge in [-0.3, -0.25) is 9.78 Å². The smallest absolute Gasteiger partial charge is 0.408 e. The molecule has 1 unspecified atom stereocenters. The first kappa shape index (κ1) is 11.0. The number of likely N-dealkylation sites (N-methyl/N-ethyl adjacent to an activating group) is 1. The summed E-state index contributed by atoms with van der Waals surface area (Å²) >= 11 is 0. The van der Waals surface area contributed by atoms with Gasteiger partial charge in [0.15, 0.2) is 5.58 Å². The Morgan fingerprint density at radius 2 is 2.28 bits per heavy atom. The molecule has 1 aromatic carbocycles. The van der Waals surface area contributed by atoms with E-state index in [1.54, 1.807) is 17.0 Å². The molecule has 0 radical (unpaired) electrons. The molecule has 1 fully saturated rings. The highest BCUT2D eigenvalue weighted by Gasteiger charge is 2.29. The van der Waals surface area contributed by atoms with Gasteiger partial charge in [0.1, 0.15) is 0 Å². The highest BCUT2D eigenvalue weighted by atomic mass is 16.4. The number of nitrogens with zero attached hydrogens (tertiary/aromatic N) is 1. The maximum Gasteiger partial charge on any atom is 0.417 e. The number of amides is 1. The number of nitrogens with one attached hydrogen (secondary N) is 2. The fraction of sp³-hybridized carbons (Fsp3) is 0.333. The molecule has 6 nitrogen and oxygen atoms in total. The number of hydrogen-bond acceptors (Lipinski definition) is 4. The molecule has 0 aliphatic carbocycles. The van der Waals surface area contributed by atoms with Crippen molar-refractivity contribution < 1.29 is 9.21 Å². The molecule has 94 valence electrons. The highest BCUT2D eigenvalue weighted by molar-refractivity contribution is 5.97. The van der Waals surface area contributed by atoms with Crippen LogP contribution >= 0.6 is 0 Å². The summed E-state index contributed by atoms with van der Waals surface area (Å²) in [6.07, 6.45) is 0.492. The number of aromatic nitrogens is 1. The Bertz CT molecular complexity index is 658. The second-order valence-electron chi connectivity index (χ2n) is 4.39. The van der Waals surface area contributed by atoms with Crippen molar-refractivity contribution in [1.82, 2.24) is 10.3 Å². The molecule has 1 atom stereocenters. The van der Waals surface area contributed by atoms with Gasteiger partial charge in [-0.05, 0) is 19.2 Å². The lowest BCUT2D eigenvalue weighted by Crippen LogP contribution is -2.30. The zero-order valence-corrected chi connectivity index (χ0v) is 9.90. The maximum absolute atomic E-state index is 11.9. The van der Waals surface area contributed by atoms with E-state index in [9.17, 15) is 9.59 Å². The molecule has 6 heteroatoms. The predicted octanol–water partition coefficient (Wildman–Crippen LogP) is 0.446. The van der Waals surface area contributed by atoms with Crippen molar-refractivity contribution in [2.45, 2.75) is 12.5 Å². The summed E-state index contributed by atoms with van der Waals surface area (Å²) in [7, 11) is 1.84. The molecule has 0 spiro atoms. The standard InChI is InChI=1S/C12H13N3O3/c1-13-7-4-11(16)15(6-7)8-2-3-9-10(5-8)18-12(17)14-9/h2-3,5,7,13H,4,6H2,1H3,(H,14,17). The van der Waals surface area contributed by atoms with Crippen molar-refractivity contribution in [3.8, 4) is 0 Å². The summed E-state index contributed by atoms with van der Waals surface area (Å²) in [6, 6.07) is 5.44. The average Bonchev–Trinajstić information content (AvgIpc) is 2.89. The molecule has 1 aromatic heterocycles. The second-order valence-corrected chi connectivity index (χ2v) is 4.39. The molecule has 1 amide bonds. The number of oxazole rings is 1. The summed E-state index contributed by atoms with van der Waals surface area (Å²) in [5, 5.41) is 3.09. The minimum absolute atomic E-state index is 0.0755. The van der Waals surface area contributed by atoms with Crippen LogP contribution in [0, 0.1) is 0 Å². The van der Waals surface area contributed by atoms with E-state index in [4.69, 9.17) is 4.42 Å². The summed E-state index contributed by atoms with van der Waals surface area (Å²) in [6.45, 7) is 0.634. The maximum atomic E-state index is 11.9. The quantitative estimate of drug-likeness (QED) is 0.807. The van der Waals surface area contributed by atoms with Gasteiger partial charge in [-0.1, -0.05) is 0 Å². The monoisotopic (exact) mass is 247 g/mol.